The Bertz CT molecular complexity index is 922. The van der Waals surface area contributed by atoms with Crippen LogP contribution in [-0.4, -0.2) is 72.6 Å². The number of hydrogen-bond acceptors (Lipinski definition) is 8. The monoisotopic (exact) mass is 458 g/mol. The molecule has 1 atom stereocenters. The second kappa shape index (κ2) is 10.4. The van der Waals surface area contributed by atoms with Crippen LogP contribution in [0.3, 0.4) is 0 Å². The molecule has 2 amide bonds. The summed E-state index contributed by atoms with van der Waals surface area (Å²) in [4.78, 5) is 39.4. The van der Waals surface area contributed by atoms with E-state index in [1.807, 2.05) is 30.9 Å². The van der Waals surface area contributed by atoms with Crippen LogP contribution >= 0.6 is 11.3 Å². The molecule has 10 heteroatoms. The van der Waals surface area contributed by atoms with E-state index in [0.29, 0.717) is 30.6 Å². The number of anilines is 3. The van der Waals surface area contributed by atoms with E-state index in [9.17, 15) is 9.59 Å². The number of ether oxygens (including phenoxy) is 1. The minimum Gasteiger partial charge on any atom is -0.378 e. The van der Waals surface area contributed by atoms with Gasteiger partial charge in [-0.25, -0.2) is 9.97 Å². The molecule has 2 aromatic heterocycles. The average Bonchev–Trinajstić information content (AvgIpc) is 3.11. The third kappa shape index (κ3) is 5.81. The van der Waals surface area contributed by atoms with E-state index in [0.717, 1.165) is 48.9 Å². The van der Waals surface area contributed by atoms with Gasteiger partial charge < -0.3 is 20.3 Å². The molecule has 32 heavy (non-hydrogen) atoms. The van der Waals surface area contributed by atoms with Crippen LogP contribution in [0.2, 0.25) is 0 Å². The lowest BCUT2D eigenvalue weighted by atomic mass is 9.97. The van der Waals surface area contributed by atoms with Gasteiger partial charge in [-0.1, -0.05) is 0 Å². The topological polar surface area (TPSA) is 99.7 Å². The van der Waals surface area contributed by atoms with E-state index in [-0.39, 0.29) is 24.3 Å². The Labute approximate surface area is 192 Å². The van der Waals surface area contributed by atoms with Crippen molar-refractivity contribution in [1.82, 2.24) is 14.9 Å². The van der Waals surface area contributed by atoms with Crippen molar-refractivity contribution in [3.63, 3.8) is 0 Å². The number of piperidine rings is 1. The smallest absolute Gasteiger partial charge is 0.240 e. The highest BCUT2D eigenvalue weighted by molar-refractivity contribution is 7.15. The third-order valence-electron chi connectivity index (χ3n) is 5.87. The molecular formula is C22H30N6O3S. The van der Waals surface area contributed by atoms with E-state index in [4.69, 9.17) is 4.74 Å². The van der Waals surface area contributed by atoms with Crippen LogP contribution in [0.25, 0.3) is 0 Å². The minimum atomic E-state index is -0.153. The maximum Gasteiger partial charge on any atom is 0.240 e. The Morgan fingerprint density at radius 3 is 2.69 bits per heavy atom. The first-order valence-corrected chi connectivity index (χ1v) is 11.9. The van der Waals surface area contributed by atoms with Crippen LogP contribution in [0.1, 0.15) is 23.4 Å². The zero-order valence-corrected chi connectivity index (χ0v) is 19.4. The molecule has 0 radical (unpaired) electrons. The van der Waals surface area contributed by atoms with Gasteiger partial charge in [0.1, 0.15) is 5.82 Å². The van der Waals surface area contributed by atoms with E-state index >= 15 is 0 Å². The molecule has 0 aliphatic carbocycles. The number of rotatable bonds is 6. The first-order chi connectivity index (χ1) is 15.5. The maximum absolute atomic E-state index is 12.8. The molecule has 0 saturated carbocycles. The molecule has 2 saturated heterocycles. The number of nitrogens with zero attached hydrogens (tertiary/aromatic N) is 4. The molecule has 172 valence electrons. The number of likely N-dealkylation sites (tertiary alicyclic amines) is 1. The Balaban J connectivity index is 1.27. The summed E-state index contributed by atoms with van der Waals surface area (Å²) in [5.74, 6) is 0.622. The molecule has 2 N–H and O–H groups in total. The summed E-state index contributed by atoms with van der Waals surface area (Å²) in [7, 11) is 0. The van der Waals surface area contributed by atoms with Crippen molar-refractivity contribution in [2.75, 3.05) is 61.5 Å². The van der Waals surface area contributed by atoms with Gasteiger partial charge >= 0.3 is 0 Å². The molecule has 1 unspecified atom stereocenters. The second-order valence-electron chi connectivity index (χ2n) is 8.28. The second-order valence-corrected chi connectivity index (χ2v) is 9.48. The van der Waals surface area contributed by atoms with Crippen molar-refractivity contribution < 1.29 is 14.3 Å². The summed E-state index contributed by atoms with van der Waals surface area (Å²) in [6.45, 7) is 8.62. The molecule has 9 nitrogen and oxygen atoms in total. The first-order valence-electron chi connectivity index (χ1n) is 11.0. The van der Waals surface area contributed by atoms with Gasteiger partial charge in [-0.15, -0.1) is 11.3 Å². The fourth-order valence-corrected chi connectivity index (χ4v) is 4.82. The third-order valence-corrected chi connectivity index (χ3v) is 6.86. The Hall–Kier alpha value is -2.56. The number of morpholine rings is 1. The van der Waals surface area contributed by atoms with Crippen molar-refractivity contribution in [3.05, 3.63) is 28.9 Å². The van der Waals surface area contributed by atoms with Crippen molar-refractivity contribution in [3.8, 4) is 0 Å². The van der Waals surface area contributed by atoms with Crippen LogP contribution in [-0.2, 0) is 14.3 Å². The molecular weight excluding hydrogens is 428 g/mol. The number of hydrogen-bond donors (Lipinski definition) is 2. The maximum atomic E-state index is 12.8. The number of carbonyl (C=O) groups is 2. The van der Waals surface area contributed by atoms with Crippen LogP contribution in [0.15, 0.2) is 18.3 Å². The van der Waals surface area contributed by atoms with Crippen molar-refractivity contribution >= 4 is 39.8 Å². The Morgan fingerprint density at radius 1 is 1.19 bits per heavy atom. The molecule has 2 fully saturated rings. The molecule has 0 bridgehead atoms. The highest BCUT2D eigenvalue weighted by Gasteiger charge is 2.27. The largest absolute Gasteiger partial charge is 0.378 e. The van der Waals surface area contributed by atoms with Gasteiger partial charge in [-0.2, -0.15) is 0 Å². The summed E-state index contributed by atoms with van der Waals surface area (Å²) in [6.07, 6.45) is 3.40. The van der Waals surface area contributed by atoms with Crippen LogP contribution in [0.5, 0.6) is 0 Å². The summed E-state index contributed by atoms with van der Waals surface area (Å²) in [5, 5.41) is 6.49. The first kappa shape index (κ1) is 22.6. The molecule has 0 spiro atoms. The predicted molar refractivity (Wildman–Crippen MR) is 125 cm³/mol. The van der Waals surface area contributed by atoms with E-state index in [1.54, 1.807) is 6.20 Å². The number of amides is 2. The zero-order chi connectivity index (χ0) is 22.5. The molecule has 4 heterocycles. The number of nitrogens with one attached hydrogen (secondary N) is 2. The lowest BCUT2D eigenvalue weighted by Gasteiger charge is -2.31. The summed E-state index contributed by atoms with van der Waals surface area (Å²) in [6, 6.07) is 3.82. The molecule has 2 aliphatic heterocycles. The van der Waals surface area contributed by atoms with E-state index < -0.39 is 0 Å². The summed E-state index contributed by atoms with van der Waals surface area (Å²) < 4.78 is 5.37. The quantitative estimate of drug-likeness (QED) is 0.685. The standard InChI is InChI=1S/C22H30N6O3S/c1-15-16(2)32-22(24-15)26-20(29)14-27-7-3-4-17(13-27)21(30)25-18-5-6-19(23-12-18)28-8-10-31-11-9-28/h5-6,12,17H,3-4,7-11,13-14H2,1-2H3,(H,25,30)(H,24,26,29). The summed E-state index contributed by atoms with van der Waals surface area (Å²) in [5.41, 5.74) is 1.63. The average molecular weight is 459 g/mol. The van der Waals surface area contributed by atoms with Gasteiger partial charge in [0.15, 0.2) is 5.13 Å². The number of thiazole rings is 1. The number of aromatic nitrogens is 2. The van der Waals surface area contributed by atoms with Crippen LogP contribution < -0.4 is 15.5 Å². The minimum absolute atomic E-state index is 0.0257. The lowest BCUT2D eigenvalue weighted by molar-refractivity contribution is -0.123. The predicted octanol–water partition coefficient (Wildman–Crippen LogP) is 2.28. The van der Waals surface area contributed by atoms with E-state index in [1.165, 1.54) is 11.3 Å². The molecule has 2 aliphatic rings. The van der Waals surface area contributed by atoms with Gasteiger partial charge in [0.2, 0.25) is 11.8 Å². The number of aryl methyl sites for hydroxylation is 2. The van der Waals surface area contributed by atoms with Gasteiger partial charge in [0, 0.05) is 24.5 Å². The summed E-state index contributed by atoms with van der Waals surface area (Å²) >= 11 is 1.48. The van der Waals surface area contributed by atoms with Crippen molar-refractivity contribution in [2.24, 2.45) is 5.92 Å². The van der Waals surface area contributed by atoms with Gasteiger partial charge in [-0.3, -0.25) is 14.5 Å². The van der Waals surface area contributed by atoms with Gasteiger partial charge in [0.25, 0.3) is 0 Å². The van der Waals surface area contributed by atoms with Crippen molar-refractivity contribution in [2.45, 2.75) is 26.7 Å². The highest BCUT2D eigenvalue weighted by atomic mass is 32.1. The fourth-order valence-electron chi connectivity index (χ4n) is 3.99. The normalized spacial score (nSPS) is 19.6. The number of carbonyl (C=O) groups excluding carboxylic acids is 2. The van der Waals surface area contributed by atoms with Gasteiger partial charge in [0.05, 0.1) is 43.3 Å². The zero-order valence-electron chi connectivity index (χ0n) is 18.6. The molecule has 0 aromatic carbocycles. The fraction of sp³-hybridized carbons (Fsp3) is 0.545. The number of pyridine rings is 1. The molecule has 2 aromatic rings. The lowest BCUT2D eigenvalue weighted by Crippen LogP contribution is -2.44. The molecule has 4 rings (SSSR count). The van der Waals surface area contributed by atoms with Crippen LogP contribution in [0, 0.1) is 19.8 Å². The van der Waals surface area contributed by atoms with Gasteiger partial charge in [-0.05, 0) is 45.4 Å². The SMILES string of the molecule is Cc1nc(NC(=O)CN2CCCC(C(=O)Nc3ccc(N4CCOCC4)nc3)C2)sc1C. The van der Waals surface area contributed by atoms with Crippen LogP contribution in [0.4, 0.5) is 16.6 Å². The Morgan fingerprint density at radius 2 is 2.00 bits per heavy atom. The Kier molecular flexibility index (Phi) is 7.33. The van der Waals surface area contributed by atoms with E-state index in [2.05, 4.69) is 25.5 Å². The highest BCUT2D eigenvalue weighted by Crippen LogP contribution is 2.22. The van der Waals surface area contributed by atoms with Crippen molar-refractivity contribution in [1.29, 1.82) is 0 Å².